The van der Waals surface area contributed by atoms with E-state index >= 15 is 0 Å². The molecular formula is C25H39N3O7. The Kier molecular flexibility index (Phi) is 10.3. The Bertz CT molecular complexity index is 852. The molecule has 2 rings (SSSR count). The van der Waals surface area contributed by atoms with Crippen LogP contribution in [0.25, 0.3) is 0 Å². The SMILES string of the molecule is CCOc1ccc(CCC[C@H](CC(=O)N(O)O)C(=O)N2CCN(C(=O)OC(C)(C)C)[C@@H](C)C2)cc1. The van der Waals surface area contributed by atoms with Crippen LogP contribution in [0, 0.1) is 5.92 Å². The van der Waals surface area contributed by atoms with Gasteiger partial charge in [0.05, 0.1) is 6.61 Å². The van der Waals surface area contributed by atoms with E-state index in [0.717, 1.165) is 11.3 Å². The number of rotatable bonds is 9. The highest BCUT2D eigenvalue weighted by molar-refractivity contribution is 5.85. The Balaban J connectivity index is 1.99. The zero-order valence-electron chi connectivity index (χ0n) is 21.4. The van der Waals surface area contributed by atoms with E-state index in [2.05, 4.69) is 0 Å². The van der Waals surface area contributed by atoms with Crippen molar-refractivity contribution in [2.45, 2.75) is 71.9 Å². The number of hydrogen-bond acceptors (Lipinski definition) is 7. The second kappa shape index (κ2) is 12.7. The minimum absolute atomic E-state index is 0.234. The summed E-state index contributed by atoms with van der Waals surface area (Å²) < 4.78 is 10.9. The molecule has 1 fully saturated rings. The van der Waals surface area contributed by atoms with Crippen LogP contribution in [0.3, 0.4) is 0 Å². The zero-order valence-corrected chi connectivity index (χ0v) is 21.4. The molecule has 196 valence electrons. The lowest BCUT2D eigenvalue weighted by molar-refractivity contribution is -0.285. The van der Waals surface area contributed by atoms with E-state index in [9.17, 15) is 14.4 Å². The van der Waals surface area contributed by atoms with E-state index in [0.29, 0.717) is 45.5 Å². The van der Waals surface area contributed by atoms with Gasteiger partial charge in [-0.15, -0.1) is 0 Å². The van der Waals surface area contributed by atoms with Crippen LogP contribution in [0.1, 0.15) is 59.4 Å². The van der Waals surface area contributed by atoms with Gasteiger partial charge in [-0.3, -0.25) is 20.0 Å². The Labute approximate surface area is 207 Å². The van der Waals surface area contributed by atoms with Gasteiger partial charge < -0.3 is 19.3 Å². The maximum atomic E-state index is 13.3. The first-order chi connectivity index (χ1) is 16.4. The molecule has 35 heavy (non-hydrogen) atoms. The molecule has 2 atom stereocenters. The molecule has 1 aromatic rings. The lowest BCUT2D eigenvalue weighted by Crippen LogP contribution is -2.57. The largest absolute Gasteiger partial charge is 0.494 e. The predicted octanol–water partition coefficient (Wildman–Crippen LogP) is 3.49. The van der Waals surface area contributed by atoms with E-state index in [4.69, 9.17) is 19.9 Å². The standard InChI is InChI=1S/C25H39N3O7/c1-6-34-21-12-10-19(11-13-21)8-7-9-20(16-22(29)28(32)33)23(30)26-14-15-27(18(2)17-26)24(31)35-25(3,4)5/h10-13,18,20,32-33H,6-9,14-17H2,1-5H3/t18-,20+/m0/s1. The van der Waals surface area contributed by atoms with Crippen LogP contribution in [0.4, 0.5) is 4.79 Å². The zero-order chi connectivity index (χ0) is 26.2. The van der Waals surface area contributed by atoms with Crippen LogP contribution >= 0.6 is 0 Å². The second-order valence-corrected chi connectivity index (χ2v) is 9.86. The third-order valence-electron chi connectivity index (χ3n) is 5.81. The van der Waals surface area contributed by atoms with E-state index in [-0.39, 0.29) is 18.4 Å². The van der Waals surface area contributed by atoms with E-state index in [1.807, 2.05) is 38.1 Å². The van der Waals surface area contributed by atoms with Crippen molar-refractivity contribution in [3.05, 3.63) is 29.8 Å². The van der Waals surface area contributed by atoms with Crippen molar-refractivity contribution >= 4 is 17.9 Å². The summed E-state index contributed by atoms with van der Waals surface area (Å²) in [6.45, 7) is 10.7. The van der Waals surface area contributed by atoms with E-state index in [1.165, 1.54) is 0 Å². The molecule has 0 aliphatic carbocycles. The van der Waals surface area contributed by atoms with E-state index < -0.39 is 28.7 Å². The number of carbonyl (C=O) groups is 3. The summed E-state index contributed by atoms with van der Waals surface area (Å²) in [6.07, 6.45) is 1.02. The third-order valence-corrected chi connectivity index (χ3v) is 5.81. The number of amides is 3. The first-order valence-corrected chi connectivity index (χ1v) is 12.1. The van der Waals surface area contributed by atoms with Crippen LogP contribution in [0.5, 0.6) is 5.75 Å². The summed E-state index contributed by atoms with van der Waals surface area (Å²) >= 11 is 0. The van der Waals surface area contributed by atoms with Gasteiger partial charge in [0.2, 0.25) is 5.91 Å². The predicted molar refractivity (Wildman–Crippen MR) is 128 cm³/mol. The van der Waals surface area contributed by atoms with Crippen molar-refractivity contribution < 1.29 is 34.3 Å². The van der Waals surface area contributed by atoms with Gasteiger partial charge >= 0.3 is 6.09 Å². The van der Waals surface area contributed by atoms with E-state index in [1.54, 1.807) is 30.6 Å². The molecule has 1 heterocycles. The van der Waals surface area contributed by atoms with Gasteiger partial charge in [0.1, 0.15) is 11.4 Å². The van der Waals surface area contributed by atoms with Crippen molar-refractivity contribution in [2.75, 3.05) is 26.2 Å². The number of hydroxylamine groups is 2. The minimum atomic E-state index is -0.940. The average Bonchev–Trinajstić information content (AvgIpc) is 2.77. The number of ether oxygens (including phenoxy) is 2. The normalized spacial score (nSPS) is 17.1. The molecule has 0 radical (unpaired) electrons. The summed E-state index contributed by atoms with van der Waals surface area (Å²) in [4.78, 5) is 41.0. The van der Waals surface area contributed by atoms with Crippen LogP contribution in [0.15, 0.2) is 24.3 Å². The maximum Gasteiger partial charge on any atom is 0.410 e. The molecule has 0 aromatic heterocycles. The molecule has 2 N–H and O–H groups in total. The van der Waals surface area contributed by atoms with Gasteiger partial charge in [-0.1, -0.05) is 17.4 Å². The molecule has 0 saturated carbocycles. The molecule has 1 saturated heterocycles. The first kappa shape index (κ1) is 28.4. The molecule has 10 heteroatoms. The van der Waals surface area contributed by atoms with Gasteiger partial charge in [-0.2, -0.15) is 0 Å². The molecule has 1 aliphatic heterocycles. The Morgan fingerprint density at radius 1 is 1.14 bits per heavy atom. The molecule has 1 aromatic carbocycles. The van der Waals surface area contributed by atoms with Crippen molar-refractivity contribution in [3.63, 3.8) is 0 Å². The maximum absolute atomic E-state index is 13.3. The van der Waals surface area contributed by atoms with Crippen LogP contribution in [-0.4, -0.2) is 81.2 Å². The van der Waals surface area contributed by atoms with Crippen LogP contribution in [-0.2, 0) is 20.7 Å². The van der Waals surface area contributed by atoms with Gasteiger partial charge in [0.15, 0.2) is 0 Å². The summed E-state index contributed by atoms with van der Waals surface area (Å²) in [6, 6.07) is 7.47. The van der Waals surface area contributed by atoms with Crippen molar-refractivity contribution in [2.24, 2.45) is 5.92 Å². The number of hydrogen-bond donors (Lipinski definition) is 2. The fourth-order valence-electron chi connectivity index (χ4n) is 4.08. The van der Waals surface area contributed by atoms with Crippen molar-refractivity contribution in [1.82, 2.24) is 15.0 Å². The lowest BCUT2D eigenvalue weighted by atomic mass is 9.94. The van der Waals surface area contributed by atoms with Gasteiger partial charge in [-0.05, 0) is 71.6 Å². The van der Waals surface area contributed by atoms with Crippen LogP contribution in [0.2, 0.25) is 0 Å². The summed E-state index contributed by atoms with van der Waals surface area (Å²) in [5.41, 5.74) is 0.468. The Morgan fingerprint density at radius 3 is 2.34 bits per heavy atom. The van der Waals surface area contributed by atoms with Gasteiger partial charge in [0.25, 0.3) is 5.91 Å². The molecular weight excluding hydrogens is 454 g/mol. The fourth-order valence-corrected chi connectivity index (χ4v) is 4.08. The molecule has 0 unspecified atom stereocenters. The first-order valence-electron chi connectivity index (χ1n) is 12.1. The monoisotopic (exact) mass is 493 g/mol. The lowest BCUT2D eigenvalue weighted by Gasteiger charge is -2.41. The quantitative estimate of drug-likeness (QED) is 0.399. The van der Waals surface area contributed by atoms with Crippen LogP contribution < -0.4 is 4.74 Å². The summed E-state index contributed by atoms with van der Waals surface area (Å²) in [5, 5.41) is 17.8. The van der Waals surface area contributed by atoms with Crippen molar-refractivity contribution in [1.29, 1.82) is 0 Å². The van der Waals surface area contributed by atoms with Gasteiger partial charge in [-0.25, -0.2) is 4.79 Å². The molecule has 0 spiro atoms. The summed E-state index contributed by atoms with van der Waals surface area (Å²) in [7, 11) is 0. The van der Waals surface area contributed by atoms with Crippen molar-refractivity contribution in [3.8, 4) is 5.75 Å². The number of carbonyl (C=O) groups excluding carboxylic acids is 3. The smallest absolute Gasteiger partial charge is 0.410 e. The number of benzene rings is 1. The fraction of sp³-hybridized carbons (Fsp3) is 0.640. The Morgan fingerprint density at radius 2 is 1.80 bits per heavy atom. The number of nitrogens with zero attached hydrogens (tertiary/aromatic N) is 3. The highest BCUT2D eigenvalue weighted by Crippen LogP contribution is 2.22. The molecule has 0 bridgehead atoms. The Hall–Kier alpha value is -2.85. The minimum Gasteiger partial charge on any atom is -0.494 e. The average molecular weight is 494 g/mol. The van der Waals surface area contributed by atoms with Gasteiger partial charge in [0, 0.05) is 38.0 Å². The molecule has 1 aliphatic rings. The third kappa shape index (κ3) is 9.03. The molecule has 3 amide bonds. The topological polar surface area (TPSA) is 120 Å². The summed E-state index contributed by atoms with van der Waals surface area (Å²) in [5.74, 6) is -1.08. The highest BCUT2D eigenvalue weighted by Gasteiger charge is 2.35. The number of aryl methyl sites for hydroxylation is 1. The second-order valence-electron chi connectivity index (χ2n) is 9.86. The molecule has 10 nitrogen and oxygen atoms in total. The number of piperazine rings is 1. The highest BCUT2D eigenvalue weighted by atomic mass is 16.8.